The Morgan fingerprint density at radius 1 is 0.905 bits per heavy atom. The molecule has 1 N–H and O–H groups in total. The monoisotopic (exact) mass is 593 g/mol. The van der Waals surface area contributed by atoms with E-state index in [0.717, 1.165) is 37.7 Å². The first kappa shape index (κ1) is 31.4. The number of benzene rings is 3. The first-order valence-corrected chi connectivity index (χ1v) is 16.2. The molecule has 0 saturated carbocycles. The molecule has 7 nitrogen and oxygen atoms in total. The minimum Gasteiger partial charge on any atom is -0.354 e. The number of rotatable bonds is 14. The highest BCUT2D eigenvalue weighted by atomic mass is 32.2. The van der Waals surface area contributed by atoms with Gasteiger partial charge in [0, 0.05) is 32.6 Å². The maximum Gasteiger partial charge on any atom is 0.247 e. The topological polar surface area (TPSA) is 86.8 Å². The molecule has 1 unspecified atom stereocenters. The summed E-state index contributed by atoms with van der Waals surface area (Å²) in [6.45, 7) is 3.82. The van der Waals surface area contributed by atoms with Gasteiger partial charge in [-0.15, -0.1) is 0 Å². The van der Waals surface area contributed by atoms with Crippen LogP contribution in [0.3, 0.4) is 0 Å². The van der Waals surface area contributed by atoms with Crippen LogP contribution in [0.25, 0.3) is 0 Å². The van der Waals surface area contributed by atoms with Crippen LogP contribution in [-0.4, -0.2) is 49.1 Å². The fraction of sp³-hybridized carbons (Fsp3) is 0.394. The second-order valence-electron chi connectivity index (χ2n) is 10.7. The Morgan fingerprint density at radius 3 is 2.19 bits per heavy atom. The molecule has 1 heterocycles. The van der Waals surface area contributed by atoms with E-state index < -0.39 is 16.1 Å². The van der Waals surface area contributed by atoms with Crippen molar-refractivity contribution in [2.75, 3.05) is 19.6 Å². The number of aryl methyl sites for hydroxylation is 1. The second kappa shape index (κ2) is 15.1. The van der Waals surface area contributed by atoms with Crippen molar-refractivity contribution in [2.24, 2.45) is 0 Å². The summed E-state index contributed by atoms with van der Waals surface area (Å²) in [5.41, 5.74) is 2.23. The Kier molecular flexibility index (Phi) is 11.3. The average Bonchev–Trinajstić information content (AvgIpc) is 3.56. The molecule has 0 bridgehead atoms. The van der Waals surface area contributed by atoms with Gasteiger partial charge in [0.2, 0.25) is 21.8 Å². The molecule has 9 heteroatoms. The maximum atomic E-state index is 13.9. The summed E-state index contributed by atoms with van der Waals surface area (Å²) < 4.78 is 40.9. The molecule has 0 spiro atoms. The SMILES string of the molecule is CCCCCNC(=O)C(c1ccccc1)N(Cc1ccc(F)cc1)C(=O)CCc1ccc(S(=O)(=O)N2CCCC2)cc1. The zero-order valence-corrected chi connectivity index (χ0v) is 25.0. The quantitative estimate of drug-likeness (QED) is 0.246. The van der Waals surface area contributed by atoms with Crippen molar-refractivity contribution in [3.05, 3.63) is 101 Å². The number of hydrogen-bond acceptors (Lipinski definition) is 4. The molecule has 224 valence electrons. The van der Waals surface area contributed by atoms with E-state index in [1.54, 1.807) is 41.3 Å². The number of halogens is 1. The van der Waals surface area contributed by atoms with E-state index >= 15 is 0 Å². The van der Waals surface area contributed by atoms with Gasteiger partial charge in [0.15, 0.2) is 0 Å². The van der Waals surface area contributed by atoms with E-state index in [9.17, 15) is 22.4 Å². The molecule has 42 heavy (non-hydrogen) atoms. The number of nitrogens with zero attached hydrogens (tertiary/aromatic N) is 2. The highest BCUT2D eigenvalue weighted by Gasteiger charge is 2.31. The van der Waals surface area contributed by atoms with Crippen molar-refractivity contribution in [3.8, 4) is 0 Å². The largest absolute Gasteiger partial charge is 0.354 e. The molecule has 4 rings (SSSR count). The molecular formula is C33H40FN3O4S. The van der Waals surface area contributed by atoms with Crippen LogP contribution in [0.2, 0.25) is 0 Å². The van der Waals surface area contributed by atoms with Crippen LogP contribution < -0.4 is 5.32 Å². The van der Waals surface area contributed by atoms with Crippen LogP contribution in [0, 0.1) is 5.82 Å². The Bertz CT molecular complexity index is 1410. The lowest BCUT2D eigenvalue weighted by atomic mass is 10.0. The number of carbonyl (C=O) groups is 2. The lowest BCUT2D eigenvalue weighted by molar-refractivity contribution is -0.141. The summed E-state index contributed by atoms with van der Waals surface area (Å²) in [6, 6.07) is 21.0. The van der Waals surface area contributed by atoms with Crippen LogP contribution in [0.5, 0.6) is 0 Å². The van der Waals surface area contributed by atoms with E-state index in [1.165, 1.54) is 16.4 Å². The van der Waals surface area contributed by atoms with Crippen molar-refractivity contribution in [3.63, 3.8) is 0 Å². The van der Waals surface area contributed by atoms with Gasteiger partial charge in [-0.1, -0.05) is 74.4 Å². The lowest BCUT2D eigenvalue weighted by Crippen LogP contribution is -2.43. The van der Waals surface area contributed by atoms with Gasteiger partial charge in [0.05, 0.1) is 4.90 Å². The van der Waals surface area contributed by atoms with E-state index in [-0.39, 0.29) is 35.5 Å². The zero-order valence-electron chi connectivity index (χ0n) is 24.2. The molecule has 3 aromatic carbocycles. The van der Waals surface area contributed by atoms with Gasteiger partial charge in [-0.3, -0.25) is 9.59 Å². The zero-order chi connectivity index (χ0) is 30.0. The Hall–Kier alpha value is -3.56. The fourth-order valence-electron chi connectivity index (χ4n) is 5.20. The van der Waals surface area contributed by atoms with Crippen molar-refractivity contribution >= 4 is 21.8 Å². The highest BCUT2D eigenvalue weighted by Crippen LogP contribution is 2.26. The van der Waals surface area contributed by atoms with Crippen LogP contribution in [-0.2, 0) is 32.6 Å². The number of carbonyl (C=O) groups excluding carboxylic acids is 2. The first-order chi connectivity index (χ1) is 20.3. The minimum absolute atomic E-state index is 0.117. The average molecular weight is 594 g/mol. The summed E-state index contributed by atoms with van der Waals surface area (Å²) >= 11 is 0. The van der Waals surface area contributed by atoms with Crippen LogP contribution in [0.4, 0.5) is 4.39 Å². The third kappa shape index (κ3) is 8.26. The predicted octanol–water partition coefficient (Wildman–Crippen LogP) is 5.62. The van der Waals surface area contributed by atoms with Crippen LogP contribution >= 0.6 is 0 Å². The van der Waals surface area contributed by atoms with E-state index in [0.29, 0.717) is 37.2 Å². The van der Waals surface area contributed by atoms with Crippen molar-refractivity contribution in [2.45, 2.75) is 69.4 Å². The van der Waals surface area contributed by atoms with E-state index in [1.807, 2.05) is 30.3 Å². The lowest BCUT2D eigenvalue weighted by Gasteiger charge is -2.32. The summed E-state index contributed by atoms with van der Waals surface area (Å²) in [5, 5.41) is 3.01. The summed E-state index contributed by atoms with van der Waals surface area (Å²) in [6.07, 6.45) is 5.10. The summed E-state index contributed by atoms with van der Waals surface area (Å²) in [7, 11) is -3.51. The van der Waals surface area contributed by atoms with Gasteiger partial charge in [-0.05, 0) is 66.6 Å². The van der Waals surface area contributed by atoms with Gasteiger partial charge >= 0.3 is 0 Å². The molecule has 1 atom stereocenters. The molecule has 1 fully saturated rings. The van der Waals surface area contributed by atoms with Crippen molar-refractivity contribution in [1.29, 1.82) is 0 Å². The standard InChI is InChI=1S/C33H40FN3O4S/c1-2-3-7-22-35-33(39)32(28-10-5-4-6-11-28)37(25-27-12-17-29(34)18-13-27)31(38)21-16-26-14-19-30(20-15-26)42(40,41)36-23-8-9-24-36/h4-6,10-15,17-20,32H,2-3,7-9,16,21-25H2,1H3,(H,35,39). The normalized spacial score (nSPS) is 14.4. The van der Waals surface area contributed by atoms with Crippen molar-refractivity contribution in [1.82, 2.24) is 14.5 Å². The minimum atomic E-state index is -3.51. The number of unbranched alkanes of at least 4 members (excludes halogenated alkanes) is 2. The Labute approximate surface area is 248 Å². The molecule has 0 aromatic heterocycles. The molecule has 0 radical (unpaired) electrons. The third-order valence-electron chi connectivity index (χ3n) is 7.60. The molecule has 1 saturated heterocycles. The number of amides is 2. The van der Waals surface area contributed by atoms with E-state index in [4.69, 9.17) is 0 Å². The van der Waals surface area contributed by atoms with Crippen LogP contribution in [0.15, 0.2) is 83.8 Å². The second-order valence-corrected chi connectivity index (χ2v) is 12.7. The number of hydrogen-bond donors (Lipinski definition) is 1. The highest BCUT2D eigenvalue weighted by molar-refractivity contribution is 7.89. The van der Waals surface area contributed by atoms with Gasteiger partial charge in [0.25, 0.3) is 0 Å². The molecule has 0 aliphatic carbocycles. The van der Waals surface area contributed by atoms with Gasteiger partial charge in [-0.2, -0.15) is 4.31 Å². The molecule has 1 aliphatic rings. The molecule has 1 aliphatic heterocycles. The van der Waals surface area contributed by atoms with Crippen LogP contribution in [0.1, 0.15) is 68.2 Å². The van der Waals surface area contributed by atoms with Gasteiger partial charge in [0.1, 0.15) is 11.9 Å². The molecular weight excluding hydrogens is 553 g/mol. The number of nitrogens with one attached hydrogen (secondary N) is 1. The Balaban J connectivity index is 1.54. The molecule has 3 aromatic rings. The molecule has 2 amide bonds. The van der Waals surface area contributed by atoms with E-state index in [2.05, 4.69) is 12.2 Å². The maximum absolute atomic E-state index is 13.9. The summed E-state index contributed by atoms with van der Waals surface area (Å²) in [5.74, 6) is -0.866. The smallest absolute Gasteiger partial charge is 0.247 e. The number of sulfonamides is 1. The van der Waals surface area contributed by atoms with Gasteiger partial charge in [-0.25, -0.2) is 12.8 Å². The third-order valence-corrected chi connectivity index (χ3v) is 9.51. The van der Waals surface area contributed by atoms with Crippen molar-refractivity contribution < 1.29 is 22.4 Å². The summed E-state index contributed by atoms with van der Waals surface area (Å²) in [4.78, 5) is 29.2. The first-order valence-electron chi connectivity index (χ1n) is 14.7. The Morgan fingerprint density at radius 2 is 1.55 bits per heavy atom. The van der Waals surface area contributed by atoms with Gasteiger partial charge < -0.3 is 10.2 Å². The fourth-order valence-corrected chi connectivity index (χ4v) is 6.72. The predicted molar refractivity (Wildman–Crippen MR) is 161 cm³/mol.